The van der Waals surface area contributed by atoms with Gasteiger partial charge in [0.05, 0.1) is 0 Å². The van der Waals surface area contributed by atoms with Crippen molar-refractivity contribution in [1.82, 2.24) is 10.2 Å². The number of rotatable bonds is 3. The van der Waals surface area contributed by atoms with Gasteiger partial charge in [-0.25, -0.2) is 0 Å². The van der Waals surface area contributed by atoms with Gasteiger partial charge in [-0.2, -0.15) is 0 Å². The molecule has 2 nitrogen and oxygen atoms in total. The number of nitrogens with zero attached hydrogens (tertiary/aromatic N) is 1. The predicted molar refractivity (Wildman–Crippen MR) is 67.2 cm³/mol. The molecule has 0 saturated carbocycles. The summed E-state index contributed by atoms with van der Waals surface area (Å²) < 4.78 is 0. The van der Waals surface area contributed by atoms with Crippen molar-refractivity contribution in [3.63, 3.8) is 0 Å². The molecule has 1 unspecified atom stereocenters. The van der Waals surface area contributed by atoms with E-state index in [-0.39, 0.29) is 0 Å². The van der Waals surface area contributed by atoms with Gasteiger partial charge in [-0.1, -0.05) is 13.8 Å². The standard InChI is InChI=1S/C13H28N2/c1-10(2)14-13-7-6-8-15(11(3)4)12(5)9-13/h10-14H,6-9H2,1-5H3/t12-,13?/m0/s1. The SMILES string of the molecule is CC(C)NC1CCCN(C(C)C)[C@@H](C)C1. The third-order valence-corrected chi connectivity index (χ3v) is 3.39. The Balaban J connectivity index is 2.49. The van der Waals surface area contributed by atoms with E-state index in [1.54, 1.807) is 0 Å². The molecular formula is C13H28N2. The maximum Gasteiger partial charge on any atom is 0.00846 e. The molecule has 0 aromatic rings. The second-order valence-electron chi connectivity index (χ2n) is 5.58. The summed E-state index contributed by atoms with van der Waals surface area (Å²) in [6.07, 6.45) is 3.98. The highest BCUT2D eigenvalue weighted by atomic mass is 15.2. The zero-order chi connectivity index (χ0) is 11.4. The highest BCUT2D eigenvalue weighted by molar-refractivity contribution is 4.82. The van der Waals surface area contributed by atoms with E-state index in [1.807, 2.05) is 0 Å². The topological polar surface area (TPSA) is 15.3 Å². The van der Waals surface area contributed by atoms with Gasteiger partial charge in [-0.3, -0.25) is 4.90 Å². The Morgan fingerprint density at radius 1 is 1.20 bits per heavy atom. The van der Waals surface area contributed by atoms with E-state index in [1.165, 1.54) is 25.8 Å². The molecule has 15 heavy (non-hydrogen) atoms. The van der Waals surface area contributed by atoms with E-state index in [4.69, 9.17) is 0 Å². The van der Waals surface area contributed by atoms with Crippen LogP contribution in [0.25, 0.3) is 0 Å². The number of likely N-dealkylation sites (tertiary alicyclic amines) is 1. The van der Waals surface area contributed by atoms with Crippen LogP contribution >= 0.6 is 0 Å². The Kier molecular flexibility index (Phi) is 5.07. The minimum Gasteiger partial charge on any atom is -0.312 e. The van der Waals surface area contributed by atoms with Gasteiger partial charge >= 0.3 is 0 Å². The average molecular weight is 212 g/mol. The van der Waals surface area contributed by atoms with Crippen molar-refractivity contribution in [2.75, 3.05) is 6.54 Å². The van der Waals surface area contributed by atoms with Crippen LogP contribution in [-0.2, 0) is 0 Å². The zero-order valence-electron chi connectivity index (χ0n) is 11.1. The van der Waals surface area contributed by atoms with Crippen molar-refractivity contribution in [3.05, 3.63) is 0 Å². The van der Waals surface area contributed by atoms with E-state index in [0.717, 1.165) is 12.1 Å². The van der Waals surface area contributed by atoms with Crippen LogP contribution in [0.5, 0.6) is 0 Å². The van der Waals surface area contributed by atoms with Crippen molar-refractivity contribution in [3.8, 4) is 0 Å². The van der Waals surface area contributed by atoms with Gasteiger partial charge in [0.2, 0.25) is 0 Å². The van der Waals surface area contributed by atoms with Crippen molar-refractivity contribution >= 4 is 0 Å². The Labute approximate surface area is 95.4 Å². The fraction of sp³-hybridized carbons (Fsp3) is 1.00. The quantitative estimate of drug-likeness (QED) is 0.773. The molecule has 90 valence electrons. The lowest BCUT2D eigenvalue weighted by Gasteiger charge is -2.31. The molecule has 0 bridgehead atoms. The molecule has 1 fully saturated rings. The van der Waals surface area contributed by atoms with E-state index < -0.39 is 0 Å². The summed E-state index contributed by atoms with van der Waals surface area (Å²) in [5, 5.41) is 3.68. The third-order valence-electron chi connectivity index (χ3n) is 3.39. The molecule has 0 radical (unpaired) electrons. The highest BCUT2D eigenvalue weighted by Gasteiger charge is 2.24. The maximum atomic E-state index is 3.68. The Bertz CT molecular complexity index is 177. The number of nitrogens with one attached hydrogen (secondary N) is 1. The van der Waals surface area contributed by atoms with Crippen LogP contribution in [0.4, 0.5) is 0 Å². The zero-order valence-corrected chi connectivity index (χ0v) is 11.1. The van der Waals surface area contributed by atoms with Crippen molar-refractivity contribution in [2.24, 2.45) is 0 Å². The summed E-state index contributed by atoms with van der Waals surface area (Å²) in [7, 11) is 0. The van der Waals surface area contributed by atoms with Gasteiger partial charge in [0, 0.05) is 24.2 Å². The smallest absolute Gasteiger partial charge is 0.00846 e. The molecule has 2 atom stereocenters. The first kappa shape index (κ1) is 13.0. The van der Waals surface area contributed by atoms with Gasteiger partial charge in [-0.15, -0.1) is 0 Å². The molecule has 1 aliphatic heterocycles. The monoisotopic (exact) mass is 212 g/mol. The summed E-state index contributed by atoms with van der Waals surface area (Å²) in [4.78, 5) is 2.64. The van der Waals surface area contributed by atoms with Crippen molar-refractivity contribution < 1.29 is 0 Å². The van der Waals surface area contributed by atoms with Gasteiger partial charge in [-0.05, 0) is 46.6 Å². The number of hydrogen-bond acceptors (Lipinski definition) is 2. The normalized spacial score (nSPS) is 29.8. The van der Waals surface area contributed by atoms with Crippen LogP contribution < -0.4 is 5.32 Å². The second-order valence-corrected chi connectivity index (χ2v) is 5.58. The molecule has 0 aromatic heterocycles. The lowest BCUT2D eigenvalue weighted by Crippen LogP contribution is -2.41. The van der Waals surface area contributed by atoms with Gasteiger partial charge in [0.25, 0.3) is 0 Å². The fourth-order valence-corrected chi connectivity index (χ4v) is 2.80. The van der Waals surface area contributed by atoms with E-state index in [2.05, 4.69) is 44.8 Å². The predicted octanol–water partition coefficient (Wildman–Crippen LogP) is 2.64. The molecule has 0 aromatic carbocycles. The molecular weight excluding hydrogens is 184 g/mol. The molecule has 1 saturated heterocycles. The van der Waals surface area contributed by atoms with E-state index in [0.29, 0.717) is 12.1 Å². The molecule has 2 heteroatoms. The lowest BCUT2D eigenvalue weighted by molar-refractivity contribution is 0.164. The Morgan fingerprint density at radius 2 is 1.87 bits per heavy atom. The van der Waals surface area contributed by atoms with Crippen LogP contribution in [0.2, 0.25) is 0 Å². The molecule has 1 N–H and O–H groups in total. The summed E-state index contributed by atoms with van der Waals surface area (Å²) in [6, 6.07) is 2.76. The van der Waals surface area contributed by atoms with Gasteiger partial charge in [0.15, 0.2) is 0 Å². The summed E-state index contributed by atoms with van der Waals surface area (Å²) in [5.74, 6) is 0. The minimum absolute atomic E-state index is 0.618. The Morgan fingerprint density at radius 3 is 2.40 bits per heavy atom. The molecule has 0 amide bonds. The lowest BCUT2D eigenvalue weighted by atomic mass is 10.0. The molecule has 1 heterocycles. The van der Waals surface area contributed by atoms with Crippen LogP contribution in [0.1, 0.15) is 53.9 Å². The summed E-state index contributed by atoms with van der Waals surface area (Å²) >= 11 is 0. The second kappa shape index (κ2) is 5.86. The van der Waals surface area contributed by atoms with E-state index in [9.17, 15) is 0 Å². The first-order valence-corrected chi connectivity index (χ1v) is 6.52. The largest absolute Gasteiger partial charge is 0.312 e. The first-order valence-electron chi connectivity index (χ1n) is 6.52. The fourth-order valence-electron chi connectivity index (χ4n) is 2.80. The third kappa shape index (κ3) is 4.12. The maximum absolute atomic E-state index is 3.68. The number of hydrogen-bond donors (Lipinski definition) is 1. The van der Waals surface area contributed by atoms with Crippen molar-refractivity contribution in [2.45, 2.75) is 78.0 Å². The minimum atomic E-state index is 0.618. The Hall–Kier alpha value is -0.0800. The van der Waals surface area contributed by atoms with Crippen LogP contribution in [0.15, 0.2) is 0 Å². The average Bonchev–Trinajstić information content (AvgIpc) is 2.25. The van der Waals surface area contributed by atoms with Gasteiger partial charge in [0.1, 0.15) is 0 Å². The van der Waals surface area contributed by atoms with Crippen LogP contribution in [0.3, 0.4) is 0 Å². The summed E-state index contributed by atoms with van der Waals surface area (Å²) in [5.41, 5.74) is 0. The first-order chi connectivity index (χ1) is 7.00. The molecule has 1 rings (SSSR count). The molecule has 0 aliphatic carbocycles. The van der Waals surface area contributed by atoms with E-state index >= 15 is 0 Å². The highest BCUT2D eigenvalue weighted by Crippen LogP contribution is 2.19. The van der Waals surface area contributed by atoms with Crippen LogP contribution in [-0.4, -0.2) is 35.6 Å². The molecule has 0 spiro atoms. The van der Waals surface area contributed by atoms with Gasteiger partial charge < -0.3 is 5.32 Å². The molecule has 1 aliphatic rings. The van der Waals surface area contributed by atoms with Crippen molar-refractivity contribution in [1.29, 1.82) is 0 Å². The van der Waals surface area contributed by atoms with Crippen LogP contribution in [0, 0.1) is 0 Å². The summed E-state index contributed by atoms with van der Waals surface area (Å²) in [6.45, 7) is 12.8.